The van der Waals surface area contributed by atoms with Gasteiger partial charge in [0.25, 0.3) is 5.91 Å². The highest BCUT2D eigenvalue weighted by atomic mass is 35.5. The molecule has 0 saturated carbocycles. The summed E-state index contributed by atoms with van der Waals surface area (Å²) in [5.41, 5.74) is 1.00. The molecular weight excluding hydrogens is 342 g/mol. The molecule has 0 radical (unpaired) electrons. The molecule has 5 nitrogen and oxygen atoms in total. The molecular formula is C19H22ClNO4. The number of carbonyl (C=O) groups is 1. The van der Waals surface area contributed by atoms with Gasteiger partial charge < -0.3 is 19.5 Å². The zero-order valence-corrected chi connectivity index (χ0v) is 15.5. The second-order valence-electron chi connectivity index (χ2n) is 5.91. The van der Waals surface area contributed by atoms with Crippen molar-refractivity contribution >= 4 is 23.2 Å². The largest absolute Gasteiger partial charge is 0.497 e. The van der Waals surface area contributed by atoms with Crippen LogP contribution in [0.1, 0.15) is 24.2 Å². The van der Waals surface area contributed by atoms with Gasteiger partial charge in [0.2, 0.25) is 0 Å². The number of carbonyl (C=O) groups excluding carboxylic acids is 1. The number of nitrogens with one attached hydrogen (secondary N) is 1. The van der Waals surface area contributed by atoms with Gasteiger partial charge in [-0.1, -0.05) is 25.4 Å². The van der Waals surface area contributed by atoms with Gasteiger partial charge in [-0.05, 0) is 36.2 Å². The van der Waals surface area contributed by atoms with Crippen molar-refractivity contribution in [3.63, 3.8) is 0 Å². The molecule has 0 unspecified atom stereocenters. The van der Waals surface area contributed by atoms with Gasteiger partial charge in [-0.15, -0.1) is 0 Å². The van der Waals surface area contributed by atoms with Crippen LogP contribution in [0.3, 0.4) is 0 Å². The summed E-state index contributed by atoms with van der Waals surface area (Å²) in [4.78, 5) is 12.5. The zero-order chi connectivity index (χ0) is 18.4. The minimum absolute atomic E-state index is 0.288. The summed E-state index contributed by atoms with van der Waals surface area (Å²) in [5.74, 6) is 1.79. The van der Waals surface area contributed by atoms with E-state index < -0.39 is 0 Å². The maximum atomic E-state index is 12.5. The van der Waals surface area contributed by atoms with Gasteiger partial charge in [0.05, 0.1) is 25.8 Å². The number of hydrogen-bond donors (Lipinski definition) is 1. The van der Waals surface area contributed by atoms with Crippen LogP contribution in [0.5, 0.6) is 17.2 Å². The Labute approximate surface area is 152 Å². The number of hydrogen-bond acceptors (Lipinski definition) is 4. The molecule has 6 heteroatoms. The molecule has 0 bridgehead atoms. The number of benzene rings is 2. The van der Waals surface area contributed by atoms with Crippen molar-refractivity contribution in [1.82, 2.24) is 0 Å². The van der Waals surface area contributed by atoms with Gasteiger partial charge in [0.1, 0.15) is 17.2 Å². The van der Waals surface area contributed by atoms with Crippen LogP contribution in [0.2, 0.25) is 5.02 Å². The smallest absolute Gasteiger partial charge is 0.255 e. The van der Waals surface area contributed by atoms with Gasteiger partial charge in [-0.3, -0.25) is 4.79 Å². The number of ether oxygens (including phenoxy) is 3. The zero-order valence-electron chi connectivity index (χ0n) is 14.8. The first-order valence-corrected chi connectivity index (χ1v) is 8.27. The third-order valence-corrected chi connectivity index (χ3v) is 3.67. The Morgan fingerprint density at radius 2 is 1.72 bits per heavy atom. The molecule has 0 atom stereocenters. The summed E-state index contributed by atoms with van der Waals surface area (Å²) in [7, 11) is 3.07. The fourth-order valence-corrected chi connectivity index (χ4v) is 2.33. The molecule has 25 heavy (non-hydrogen) atoms. The standard InChI is InChI=1S/C19H22ClNO4/c1-12(2)11-25-18-6-5-14(9-17(18)20)21-19(22)13-7-15(23-3)10-16(8-13)24-4/h5-10,12H,11H2,1-4H3,(H,21,22). The maximum absolute atomic E-state index is 12.5. The fraction of sp³-hybridized carbons (Fsp3) is 0.316. The molecule has 1 N–H and O–H groups in total. The third kappa shape index (κ3) is 5.29. The molecule has 0 heterocycles. The van der Waals surface area contributed by atoms with Gasteiger partial charge in [-0.25, -0.2) is 0 Å². The van der Waals surface area contributed by atoms with E-state index in [1.165, 1.54) is 14.2 Å². The highest BCUT2D eigenvalue weighted by Crippen LogP contribution is 2.29. The molecule has 134 valence electrons. The Hall–Kier alpha value is -2.40. The summed E-state index contributed by atoms with van der Waals surface area (Å²) in [5, 5.41) is 3.25. The molecule has 0 aliphatic heterocycles. The van der Waals surface area contributed by atoms with E-state index in [4.69, 9.17) is 25.8 Å². The molecule has 0 aliphatic rings. The van der Waals surface area contributed by atoms with E-state index >= 15 is 0 Å². The van der Waals surface area contributed by atoms with Crippen LogP contribution in [0.25, 0.3) is 0 Å². The van der Waals surface area contributed by atoms with Crippen LogP contribution in [0.4, 0.5) is 5.69 Å². The van der Waals surface area contributed by atoms with Crippen molar-refractivity contribution in [3.8, 4) is 17.2 Å². The highest BCUT2D eigenvalue weighted by Gasteiger charge is 2.12. The molecule has 0 aliphatic carbocycles. The summed E-state index contributed by atoms with van der Waals surface area (Å²) in [6.07, 6.45) is 0. The van der Waals surface area contributed by atoms with Crippen molar-refractivity contribution in [2.45, 2.75) is 13.8 Å². The second-order valence-corrected chi connectivity index (χ2v) is 6.31. The maximum Gasteiger partial charge on any atom is 0.255 e. The first-order chi connectivity index (χ1) is 11.9. The molecule has 0 saturated heterocycles. The Morgan fingerprint density at radius 1 is 1.08 bits per heavy atom. The highest BCUT2D eigenvalue weighted by molar-refractivity contribution is 6.32. The lowest BCUT2D eigenvalue weighted by Crippen LogP contribution is -2.12. The van der Waals surface area contributed by atoms with Crippen molar-refractivity contribution in [3.05, 3.63) is 47.0 Å². The quantitative estimate of drug-likeness (QED) is 0.778. The molecule has 2 aromatic rings. The SMILES string of the molecule is COc1cc(OC)cc(C(=O)Nc2ccc(OCC(C)C)c(Cl)c2)c1. The first-order valence-electron chi connectivity index (χ1n) is 7.89. The molecule has 0 aromatic heterocycles. The minimum atomic E-state index is -0.288. The molecule has 1 amide bonds. The third-order valence-electron chi connectivity index (χ3n) is 3.38. The lowest BCUT2D eigenvalue weighted by atomic mass is 10.1. The van der Waals surface area contributed by atoms with Crippen LogP contribution in [-0.4, -0.2) is 26.7 Å². The average molecular weight is 364 g/mol. The second kappa shape index (κ2) is 8.62. The number of amides is 1. The van der Waals surface area contributed by atoms with Crippen LogP contribution >= 0.6 is 11.6 Å². The van der Waals surface area contributed by atoms with E-state index in [-0.39, 0.29) is 5.91 Å². The molecule has 0 spiro atoms. The molecule has 2 aromatic carbocycles. The van der Waals surface area contributed by atoms with Crippen molar-refractivity contribution in [2.24, 2.45) is 5.92 Å². The van der Waals surface area contributed by atoms with E-state index in [9.17, 15) is 4.79 Å². The topological polar surface area (TPSA) is 56.8 Å². The fourth-order valence-electron chi connectivity index (χ4n) is 2.09. The van der Waals surface area contributed by atoms with Gasteiger partial charge in [-0.2, -0.15) is 0 Å². The van der Waals surface area contributed by atoms with E-state index in [1.54, 1.807) is 36.4 Å². The predicted molar refractivity (Wildman–Crippen MR) is 99.3 cm³/mol. The minimum Gasteiger partial charge on any atom is -0.497 e. The number of rotatable bonds is 7. The van der Waals surface area contributed by atoms with Crippen molar-refractivity contribution in [1.29, 1.82) is 0 Å². The Balaban J connectivity index is 2.14. The van der Waals surface area contributed by atoms with Crippen LogP contribution in [-0.2, 0) is 0 Å². The lowest BCUT2D eigenvalue weighted by molar-refractivity contribution is 0.102. The van der Waals surface area contributed by atoms with E-state index in [0.717, 1.165) is 0 Å². The summed E-state index contributed by atoms with van der Waals surface area (Å²) < 4.78 is 16.0. The van der Waals surface area contributed by atoms with Crippen LogP contribution < -0.4 is 19.5 Å². The Morgan fingerprint density at radius 3 is 2.24 bits per heavy atom. The van der Waals surface area contributed by atoms with E-state index in [1.807, 2.05) is 0 Å². The summed E-state index contributed by atoms with van der Waals surface area (Å²) in [6, 6.07) is 10.1. The Bertz CT molecular complexity index is 724. The van der Waals surface area contributed by atoms with E-state index in [2.05, 4.69) is 19.2 Å². The lowest BCUT2D eigenvalue weighted by Gasteiger charge is -2.12. The van der Waals surface area contributed by atoms with Gasteiger partial charge in [0.15, 0.2) is 0 Å². The van der Waals surface area contributed by atoms with Gasteiger partial charge in [0, 0.05) is 17.3 Å². The number of anilines is 1. The summed E-state index contributed by atoms with van der Waals surface area (Å²) in [6.45, 7) is 4.70. The Kier molecular flexibility index (Phi) is 6.53. The van der Waals surface area contributed by atoms with Crippen LogP contribution in [0.15, 0.2) is 36.4 Å². The average Bonchev–Trinajstić information content (AvgIpc) is 2.60. The van der Waals surface area contributed by atoms with Crippen LogP contribution in [0, 0.1) is 5.92 Å². The number of halogens is 1. The molecule has 0 fully saturated rings. The first kappa shape index (κ1) is 18.9. The van der Waals surface area contributed by atoms with E-state index in [0.29, 0.717) is 46.0 Å². The number of methoxy groups -OCH3 is 2. The molecule has 2 rings (SSSR count). The van der Waals surface area contributed by atoms with Gasteiger partial charge >= 0.3 is 0 Å². The normalized spacial score (nSPS) is 10.5. The van der Waals surface area contributed by atoms with Crippen molar-refractivity contribution < 1.29 is 19.0 Å². The van der Waals surface area contributed by atoms with Crippen molar-refractivity contribution in [2.75, 3.05) is 26.1 Å². The predicted octanol–water partition coefficient (Wildman–Crippen LogP) is 4.64. The summed E-state index contributed by atoms with van der Waals surface area (Å²) >= 11 is 6.22. The monoisotopic (exact) mass is 363 g/mol.